The molecule has 0 unspecified atom stereocenters. The molecule has 0 atom stereocenters. The van der Waals surface area contributed by atoms with Gasteiger partial charge in [0, 0.05) is 29.8 Å². The van der Waals surface area contributed by atoms with Crippen molar-refractivity contribution in [2.24, 2.45) is 0 Å². The Morgan fingerprint density at radius 1 is 1.04 bits per heavy atom. The number of sulfonamides is 1. The highest BCUT2D eigenvalue weighted by molar-refractivity contribution is 8.13. The van der Waals surface area contributed by atoms with E-state index in [0.29, 0.717) is 16.1 Å². The lowest BCUT2D eigenvalue weighted by Gasteiger charge is -2.10. The van der Waals surface area contributed by atoms with Crippen LogP contribution >= 0.6 is 23.4 Å². The zero-order valence-corrected chi connectivity index (χ0v) is 17.2. The summed E-state index contributed by atoms with van der Waals surface area (Å²) in [5.74, 6) is -0.942. The molecule has 7 nitrogen and oxygen atoms in total. The Bertz CT molecular complexity index is 991. The van der Waals surface area contributed by atoms with Crippen molar-refractivity contribution >= 4 is 56.0 Å². The smallest absolute Gasteiger partial charge is 0.264 e. The molecular weight excluding hydrogens is 424 g/mol. The molecule has 0 aliphatic rings. The number of benzene rings is 2. The summed E-state index contributed by atoms with van der Waals surface area (Å²) in [6.07, 6.45) is 0.187. The van der Waals surface area contributed by atoms with Crippen LogP contribution in [0.4, 0.5) is 5.69 Å². The van der Waals surface area contributed by atoms with Crippen LogP contribution in [-0.4, -0.2) is 31.2 Å². The molecule has 0 bridgehead atoms. The second-order valence-corrected chi connectivity index (χ2v) is 8.71. The van der Waals surface area contributed by atoms with Crippen molar-refractivity contribution in [1.29, 1.82) is 0 Å². The molecule has 28 heavy (non-hydrogen) atoms. The maximum atomic E-state index is 12.6. The molecule has 0 saturated heterocycles. The van der Waals surface area contributed by atoms with Crippen LogP contribution in [0.5, 0.6) is 0 Å². The Kier molecular flexibility index (Phi) is 7.61. The van der Waals surface area contributed by atoms with Crippen molar-refractivity contribution in [3.63, 3.8) is 0 Å². The highest BCUT2D eigenvalue weighted by Crippen LogP contribution is 2.25. The average molecular weight is 441 g/mol. The van der Waals surface area contributed by atoms with Gasteiger partial charge in [0.05, 0.1) is 10.5 Å². The summed E-state index contributed by atoms with van der Waals surface area (Å²) in [6.45, 7) is 1.10. The van der Waals surface area contributed by atoms with Crippen molar-refractivity contribution < 1.29 is 22.8 Å². The van der Waals surface area contributed by atoms with E-state index >= 15 is 0 Å². The zero-order valence-electron chi connectivity index (χ0n) is 14.8. The first-order valence-corrected chi connectivity index (χ1v) is 10.9. The van der Waals surface area contributed by atoms with Crippen molar-refractivity contribution in [2.45, 2.75) is 23.1 Å². The molecule has 10 heteroatoms. The molecule has 0 saturated carbocycles. The number of nitrogens with one attached hydrogen (secondary N) is 2. The lowest BCUT2D eigenvalue weighted by molar-refractivity contribution is -0.117. The fraction of sp³-hybridized carbons (Fsp3) is 0.167. The third-order valence-corrected chi connectivity index (χ3v) is 6.00. The fourth-order valence-corrected chi connectivity index (χ4v) is 4.30. The Balaban J connectivity index is 2.16. The van der Waals surface area contributed by atoms with E-state index in [4.69, 9.17) is 11.6 Å². The minimum Gasteiger partial charge on any atom is -0.322 e. The second kappa shape index (κ2) is 9.72. The normalized spacial score (nSPS) is 10.9. The van der Waals surface area contributed by atoms with Gasteiger partial charge in [-0.2, -0.15) is 0 Å². The molecule has 0 aliphatic carbocycles. The van der Waals surface area contributed by atoms with Gasteiger partial charge in [0.2, 0.25) is 5.91 Å². The van der Waals surface area contributed by atoms with Crippen LogP contribution in [-0.2, 0) is 19.6 Å². The van der Waals surface area contributed by atoms with E-state index in [1.807, 2.05) is 4.72 Å². The molecule has 0 spiro atoms. The molecule has 0 radical (unpaired) electrons. The molecule has 0 aliphatic heterocycles. The van der Waals surface area contributed by atoms with E-state index in [-0.39, 0.29) is 22.3 Å². The first-order chi connectivity index (χ1) is 13.2. The molecule has 2 N–H and O–H groups in total. The molecule has 2 rings (SSSR count). The quantitative estimate of drug-likeness (QED) is 0.506. The van der Waals surface area contributed by atoms with Gasteiger partial charge in [-0.1, -0.05) is 23.9 Å². The Morgan fingerprint density at radius 2 is 1.68 bits per heavy atom. The Labute approximate surface area is 171 Å². The predicted molar refractivity (Wildman–Crippen MR) is 108 cm³/mol. The molecule has 2 amide bonds. The lowest BCUT2D eigenvalue weighted by atomic mass is 10.2. The van der Waals surface area contributed by atoms with Gasteiger partial charge >= 0.3 is 0 Å². The minimum absolute atomic E-state index is 0.108. The van der Waals surface area contributed by atoms with Crippen molar-refractivity contribution in [3.8, 4) is 0 Å². The highest BCUT2D eigenvalue weighted by Gasteiger charge is 2.17. The number of carbonyl (C=O) groups is 3. The highest BCUT2D eigenvalue weighted by atomic mass is 35.5. The first kappa shape index (κ1) is 21.9. The number of anilines is 1. The van der Waals surface area contributed by atoms with Gasteiger partial charge in [0.1, 0.15) is 0 Å². The number of hydrogen-bond acceptors (Lipinski definition) is 6. The third-order valence-electron chi connectivity index (χ3n) is 3.35. The van der Waals surface area contributed by atoms with E-state index in [9.17, 15) is 22.8 Å². The molecule has 2 aromatic rings. The number of alkyl halides is 1. The van der Waals surface area contributed by atoms with Crippen molar-refractivity contribution in [2.75, 3.05) is 11.2 Å². The minimum atomic E-state index is -3.95. The number of halogens is 1. The van der Waals surface area contributed by atoms with Gasteiger partial charge in [-0.15, -0.1) is 11.6 Å². The van der Waals surface area contributed by atoms with Gasteiger partial charge in [0.25, 0.3) is 15.9 Å². The summed E-state index contributed by atoms with van der Waals surface area (Å²) < 4.78 is 25.7. The average Bonchev–Trinajstić information content (AvgIpc) is 2.61. The largest absolute Gasteiger partial charge is 0.322 e. The summed E-state index contributed by atoms with van der Waals surface area (Å²) in [7, 11) is -3.95. The third kappa shape index (κ3) is 6.08. The van der Waals surface area contributed by atoms with Crippen LogP contribution in [0.15, 0.2) is 58.3 Å². The van der Waals surface area contributed by atoms with E-state index in [1.165, 1.54) is 24.3 Å². The number of rotatable bonds is 7. The Hall–Kier alpha value is -2.36. The van der Waals surface area contributed by atoms with Crippen LogP contribution < -0.4 is 10.0 Å². The van der Waals surface area contributed by atoms with E-state index in [0.717, 1.165) is 18.7 Å². The van der Waals surface area contributed by atoms with Crippen LogP contribution in [0, 0.1) is 0 Å². The maximum absolute atomic E-state index is 12.6. The molecule has 0 aromatic heterocycles. The summed E-state index contributed by atoms with van der Waals surface area (Å²) in [5, 5.41) is 2.50. The molecule has 148 valence electrons. The Morgan fingerprint density at radius 3 is 2.29 bits per heavy atom. The maximum Gasteiger partial charge on any atom is 0.264 e. The molecular formula is C18H17ClN2O5S2. The standard InChI is InChI=1S/C18H17ClN2O5S2/c1-12(22)21-28(25,26)14-8-6-13(7-9-14)20-18(24)15-4-2-3-5-16(15)27-17(23)10-11-19/h2-9H,10-11H2,1H3,(H,20,24)(H,21,22). The van der Waals surface area contributed by atoms with Gasteiger partial charge in [-0.05, 0) is 36.4 Å². The summed E-state index contributed by atoms with van der Waals surface area (Å²) in [5.41, 5.74) is 0.670. The number of thioether (sulfide) groups is 1. The number of hydrogen-bond donors (Lipinski definition) is 2. The lowest BCUT2D eigenvalue weighted by Crippen LogP contribution is -2.28. The molecule has 0 heterocycles. The van der Waals surface area contributed by atoms with Crippen LogP contribution in [0.3, 0.4) is 0 Å². The van der Waals surface area contributed by atoms with E-state index < -0.39 is 21.8 Å². The summed E-state index contributed by atoms with van der Waals surface area (Å²) in [4.78, 5) is 35.7. The zero-order chi connectivity index (χ0) is 20.7. The summed E-state index contributed by atoms with van der Waals surface area (Å²) in [6, 6.07) is 12.0. The van der Waals surface area contributed by atoms with Crippen LogP contribution in [0.2, 0.25) is 0 Å². The monoisotopic (exact) mass is 440 g/mol. The van der Waals surface area contributed by atoms with E-state index in [2.05, 4.69) is 5.32 Å². The van der Waals surface area contributed by atoms with Gasteiger partial charge < -0.3 is 5.32 Å². The molecule has 2 aromatic carbocycles. The van der Waals surface area contributed by atoms with Crippen molar-refractivity contribution in [1.82, 2.24) is 4.72 Å². The second-order valence-electron chi connectivity index (χ2n) is 5.55. The van der Waals surface area contributed by atoms with Crippen LogP contribution in [0.25, 0.3) is 0 Å². The van der Waals surface area contributed by atoms with Gasteiger partial charge in [0.15, 0.2) is 5.12 Å². The number of carbonyl (C=O) groups excluding carboxylic acids is 3. The van der Waals surface area contributed by atoms with Gasteiger partial charge in [-0.25, -0.2) is 13.1 Å². The predicted octanol–water partition coefficient (Wildman–Crippen LogP) is 3.01. The SMILES string of the molecule is CC(=O)NS(=O)(=O)c1ccc(NC(=O)c2ccccc2SC(=O)CCCl)cc1. The fourth-order valence-electron chi connectivity index (χ4n) is 2.16. The van der Waals surface area contributed by atoms with Crippen molar-refractivity contribution in [3.05, 3.63) is 54.1 Å². The van der Waals surface area contributed by atoms with Gasteiger partial charge in [-0.3, -0.25) is 14.4 Å². The first-order valence-electron chi connectivity index (χ1n) is 8.03. The summed E-state index contributed by atoms with van der Waals surface area (Å²) >= 11 is 6.51. The molecule has 0 fully saturated rings. The topological polar surface area (TPSA) is 109 Å². The van der Waals surface area contributed by atoms with E-state index in [1.54, 1.807) is 24.3 Å². The van der Waals surface area contributed by atoms with Crippen LogP contribution in [0.1, 0.15) is 23.7 Å². The number of amides is 2.